The first-order valence-electron chi connectivity index (χ1n) is 4.12. The highest BCUT2D eigenvalue weighted by Gasteiger charge is 2.07. The lowest BCUT2D eigenvalue weighted by Crippen LogP contribution is -1.99. The fourth-order valence-corrected chi connectivity index (χ4v) is 1.76. The topological polar surface area (TPSA) is 76.2 Å². The number of nitrogens with zero attached hydrogens (tertiary/aromatic N) is 1. The van der Waals surface area contributed by atoms with Crippen molar-refractivity contribution in [2.75, 3.05) is 6.54 Å². The van der Waals surface area contributed by atoms with Crippen LogP contribution in [0.3, 0.4) is 0 Å². The van der Waals surface area contributed by atoms with Crippen LogP contribution in [-0.2, 0) is 6.42 Å². The first-order chi connectivity index (χ1) is 6.24. The maximum atomic E-state index is 10.5. The average molecular weight is 200 g/mol. The number of unbranched alkanes of at least 4 members (excludes halogenated alkanes) is 1. The van der Waals surface area contributed by atoms with E-state index in [1.807, 2.05) is 0 Å². The molecular formula is C8H12N2O2S. The molecule has 0 fully saturated rings. The highest BCUT2D eigenvalue weighted by atomic mass is 32.1. The lowest BCUT2D eigenvalue weighted by atomic mass is 10.2. The van der Waals surface area contributed by atoms with Gasteiger partial charge < -0.3 is 10.8 Å². The number of hydrogen-bond acceptors (Lipinski definition) is 4. The van der Waals surface area contributed by atoms with Crippen LogP contribution in [0.25, 0.3) is 0 Å². The minimum absolute atomic E-state index is 0.146. The Morgan fingerprint density at radius 3 is 2.92 bits per heavy atom. The number of carbonyl (C=O) groups is 1. The third-order valence-corrected chi connectivity index (χ3v) is 2.52. The van der Waals surface area contributed by atoms with Crippen molar-refractivity contribution in [1.29, 1.82) is 0 Å². The van der Waals surface area contributed by atoms with Crippen LogP contribution < -0.4 is 5.73 Å². The monoisotopic (exact) mass is 200 g/mol. The molecule has 0 bridgehead atoms. The molecule has 0 amide bonds. The largest absolute Gasteiger partial charge is 0.476 e. The van der Waals surface area contributed by atoms with Gasteiger partial charge in [0.15, 0.2) is 5.69 Å². The zero-order valence-corrected chi connectivity index (χ0v) is 8.01. The number of aryl methyl sites for hydroxylation is 1. The van der Waals surface area contributed by atoms with Crippen LogP contribution in [-0.4, -0.2) is 22.6 Å². The van der Waals surface area contributed by atoms with Gasteiger partial charge in [-0.15, -0.1) is 11.3 Å². The zero-order valence-electron chi connectivity index (χ0n) is 7.19. The number of aromatic carboxylic acids is 1. The normalized spacial score (nSPS) is 10.2. The summed E-state index contributed by atoms with van der Waals surface area (Å²) in [5.41, 5.74) is 5.48. The summed E-state index contributed by atoms with van der Waals surface area (Å²) >= 11 is 1.40. The van der Waals surface area contributed by atoms with Crippen LogP contribution in [0, 0.1) is 0 Å². The molecule has 0 aliphatic carbocycles. The minimum Gasteiger partial charge on any atom is -0.476 e. The van der Waals surface area contributed by atoms with E-state index in [-0.39, 0.29) is 5.69 Å². The Labute approximate surface area is 80.4 Å². The molecule has 0 spiro atoms. The molecule has 72 valence electrons. The number of aromatic nitrogens is 1. The number of hydrogen-bond donors (Lipinski definition) is 2. The average Bonchev–Trinajstić information content (AvgIpc) is 2.53. The molecule has 1 rings (SSSR count). The Balaban J connectivity index is 2.44. The van der Waals surface area contributed by atoms with Crippen molar-refractivity contribution in [3.8, 4) is 0 Å². The van der Waals surface area contributed by atoms with E-state index in [0.717, 1.165) is 24.3 Å². The lowest BCUT2D eigenvalue weighted by molar-refractivity contribution is 0.0691. The van der Waals surface area contributed by atoms with E-state index in [1.54, 1.807) is 5.38 Å². The van der Waals surface area contributed by atoms with Gasteiger partial charge in [-0.1, -0.05) is 0 Å². The standard InChI is InChI=1S/C8H12N2O2S/c9-4-2-1-3-7-10-6(5-13-7)8(11)12/h5H,1-4,9H2,(H,11,12). The zero-order chi connectivity index (χ0) is 9.68. The molecule has 0 atom stereocenters. The molecule has 3 N–H and O–H groups in total. The van der Waals surface area contributed by atoms with Gasteiger partial charge in [-0.05, 0) is 25.8 Å². The molecule has 1 heterocycles. The smallest absolute Gasteiger partial charge is 0.355 e. The van der Waals surface area contributed by atoms with Crippen LogP contribution in [0.2, 0.25) is 0 Å². The van der Waals surface area contributed by atoms with Gasteiger partial charge in [-0.2, -0.15) is 0 Å². The summed E-state index contributed by atoms with van der Waals surface area (Å²) < 4.78 is 0. The van der Waals surface area contributed by atoms with Gasteiger partial charge in [-0.3, -0.25) is 0 Å². The Bertz CT molecular complexity index is 285. The van der Waals surface area contributed by atoms with Crippen LogP contribution >= 0.6 is 11.3 Å². The van der Waals surface area contributed by atoms with Crippen molar-refractivity contribution in [3.63, 3.8) is 0 Å². The summed E-state index contributed by atoms with van der Waals surface area (Å²) in [4.78, 5) is 14.4. The molecule has 0 aliphatic rings. The van der Waals surface area contributed by atoms with E-state index in [1.165, 1.54) is 11.3 Å². The van der Waals surface area contributed by atoms with Crippen molar-refractivity contribution in [3.05, 3.63) is 16.1 Å². The molecule has 0 aliphatic heterocycles. The molecule has 0 saturated carbocycles. The highest BCUT2D eigenvalue weighted by molar-refractivity contribution is 7.09. The van der Waals surface area contributed by atoms with Crippen molar-refractivity contribution < 1.29 is 9.90 Å². The second kappa shape index (κ2) is 4.94. The van der Waals surface area contributed by atoms with Crippen LogP contribution in [0.1, 0.15) is 28.3 Å². The predicted molar refractivity (Wildman–Crippen MR) is 51.1 cm³/mol. The van der Waals surface area contributed by atoms with Crippen molar-refractivity contribution >= 4 is 17.3 Å². The summed E-state index contributed by atoms with van der Waals surface area (Å²) in [5, 5.41) is 11.0. The Morgan fingerprint density at radius 2 is 2.38 bits per heavy atom. The van der Waals surface area contributed by atoms with E-state index >= 15 is 0 Å². The van der Waals surface area contributed by atoms with Crippen molar-refractivity contribution in [1.82, 2.24) is 4.98 Å². The van der Waals surface area contributed by atoms with Crippen LogP contribution in [0.5, 0.6) is 0 Å². The van der Waals surface area contributed by atoms with Gasteiger partial charge >= 0.3 is 5.97 Å². The molecule has 13 heavy (non-hydrogen) atoms. The van der Waals surface area contributed by atoms with E-state index in [9.17, 15) is 4.79 Å². The van der Waals surface area contributed by atoms with Gasteiger partial charge in [0.25, 0.3) is 0 Å². The molecule has 1 aromatic heterocycles. The second-order valence-corrected chi connectivity index (χ2v) is 3.62. The van der Waals surface area contributed by atoms with Crippen molar-refractivity contribution in [2.45, 2.75) is 19.3 Å². The molecular weight excluding hydrogens is 188 g/mol. The summed E-state index contributed by atoms with van der Waals surface area (Å²) in [6, 6.07) is 0. The Kier molecular flexibility index (Phi) is 3.85. The summed E-state index contributed by atoms with van der Waals surface area (Å²) in [6.45, 7) is 0.678. The third-order valence-electron chi connectivity index (χ3n) is 1.62. The maximum absolute atomic E-state index is 10.5. The first kappa shape index (κ1) is 10.1. The van der Waals surface area contributed by atoms with Crippen LogP contribution in [0.15, 0.2) is 5.38 Å². The number of carboxylic acid groups (broad SMARTS) is 1. The van der Waals surface area contributed by atoms with E-state index < -0.39 is 5.97 Å². The fraction of sp³-hybridized carbons (Fsp3) is 0.500. The molecule has 0 unspecified atom stereocenters. The number of rotatable bonds is 5. The summed E-state index contributed by atoms with van der Waals surface area (Å²) in [7, 11) is 0. The predicted octanol–water partition coefficient (Wildman–Crippen LogP) is 1.12. The first-order valence-corrected chi connectivity index (χ1v) is 4.99. The molecule has 0 aromatic carbocycles. The number of thiazole rings is 1. The van der Waals surface area contributed by atoms with Crippen LogP contribution in [0.4, 0.5) is 0 Å². The summed E-state index contributed by atoms with van der Waals surface area (Å²) in [6.07, 6.45) is 2.76. The Hall–Kier alpha value is -0.940. The van der Waals surface area contributed by atoms with E-state index in [2.05, 4.69) is 4.98 Å². The molecule has 0 radical (unpaired) electrons. The maximum Gasteiger partial charge on any atom is 0.355 e. The van der Waals surface area contributed by atoms with Gasteiger partial charge in [-0.25, -0.2) is 9.78 Å². The fourth-order valence-electron chi connectivity index (χ4n) is 0.945. The highest BCUT2D eigenvalue weighted by Crippen LogP contribution is 2.12. The van der Waals surface area contributed by atoms with E-state index in [4.69, 9.17) is 10.8 Å². The van der Waals surface area contributed by atoms with Gasteiger partial charge in [0.2, 0.25) is 0 Å². The minimum atomic E-state index is -0.957. The van der Waals surface area contributed by atoms with Gasteiger partial charge in [0.05, 0.1) is 5.01 Å². The third kappa shape index (κ3) is 3.12. The van der Waals surface area contributed by atoms with E-state index in [0.29, 0.717) is 6.54 Å². The second-order valence-electron chi connectivity index (χ2n) is 2.68. The van der Waals surface area contributed by atoms with Gasteiger partial charge in [0, 0.05) is 5.38 Å². The molecule has 0 saturated heterocycles. The SMILES string of the molecule is NCCCCc1nc(C(=O)O)cs1. The Morgan fingerprint density at radius 1 is 1.62 bits per heavy atom. The van der Waals surface area contributed by atoms with Gasteiger partial charge in [0.1, 0.15) is 0 Å². The van der Waals surface area contributed by atoms with Crippen molar-refractivity contribution in [2.24, 2.45) is 5.73 Å². The quantitative estimate of drug-likeness (QED) is 0.698. The lowest BCUT2D eigenvalue weighted by Gasteiger charge is -1.93. The molecule has 5 heteroatoms. The molecule has 1 aromatic rings. The number of carboxylic acids is 1. The number of nitrogens with two attached hydrogens (primary N) is 1. The molecule has 4 nitrogen and oxygen atoms in total. The summed E-state index contributed by atoms with van der Waals surface area (Å²) in [5.74, 6) is -0.957.